The van der Waals surface area contributed by atoms with Gasteiger partial charge in [-0.15, -0.1) is 10.2 Å². The molecule has 6 nitrogen and oxygen atoms in total. The largest absolute Gasteiger partial charge is 0.421 e. The lowest BCUT2D eigenvalue weighted by Gasteiger charge is -2.23. The Morgan fingerprint density at radius 3 is 2.42 bits per heavy atom. The van der Waals surface area contributed by atoms with Crippen LogP contribution in [-0.2, 0) is 24.3 Å². The van der Waals surface area contributed by atoms with E-state index in [1.54, 1.807) is 4.90 Å². The van der Waals surface area contributed by atoms with Crippen LogP contribution in [0.25, 0.3) is 11.5 Å². The van der Waals surface area contributed by atoms with Gasteiger partial charge in [0.25, 0.3) is 0 Å². The zero-order valence-electron chi connectivity index (χ0n) is 18.2. The summed E-state index contributed by atoms with van der Waals surface area (Å²) in [5, 5.41) is 11.1. The van der Waals surface area contributed by atoms with Gasteiger partial charge in [0, 0.05) is 30.5 Å². The zero-order valence-corrected chi connectivity index (χ0v) is 18.2. The van der Waals surface area contributed by atoms with E-state index in [0.29, 0.717) is 31.2 Å². The number of aromatic nitrogens is 2. The van der Waals surface area contributed by atoms with Gasteiger partial charge in [0.05, 0.1) is 13.1 Å². The molecule has 31 heavy (non-hydrogen) atoms. The lowest BCUT2D eigenvalue weighted by Crippen LogP contribution is -3.11. The van der Waals surface area contributed by atoms with Crippen LogP contribution in [0.15, 0.2) is 52.9 Å². The SMILES string of the molecule is Cc1ccc(-c2nnc(CCC(=O)NCc3ccc(C[NH+]4CCCCC4)cc3)o2)cc1. The van der Waals surface area contributed by atoms with Crippen molar-refractivity contribution in [2.24, 2.45) is 0 Å². The molecule has 2 aromatic carbocycles. The minimum absolute atomic E-state index is 0.0167. The highest BCUT2D eigenvalue weighted by Gasteiger charge is 2.14. The van der Waals surface area contributed by atoms with Crippen LogP contribution in [0.2, 0.25) is 0 Å². The molecule has 3 aromatic rings. The Morgan fingerprint density at radius 2 is 1.68 bits per heavy atom. The fourth-order valence-electron chi connectivity index (χ4n) is 3.97. The van der Waals surface area contributed by atoms with Crippen LogP contribution >= 0.6 is 0 Å². The van der Waals surface area contributed by atoms with Gasteiger partial charge in [-0.2, -0.15) is 0 Å². The molecule has 0 bridgehead atoms. The van der Waals surface area contributed by atoms with E-state index < -0.39 is 0 Å². The number of carbonyl (C=O) groups excluding carboxylic acids is 1. The molecule has 0 saturated carbocycles. The molecule has 0 unspecified atom stereocenters. The maximum atomic E-state index is 12.2. The van der Waals surface area contributed by atoms with Gasteiger partial charge in [0.1, 0.15) is 6.54 Å². The van der Waals surface area contributed by atoms with Crippen LogP contribution < -0.4 is 10.2 Å². The van der Waals surface area contributed by atoms with E-state index in [0.717, 1.165) is 17.7 Å². The lowest BCUT2D eigenvalue weighted by molar-refractivity contribution is -0.918. The van der Waals surface area contributed by atoms with E-state index in [9.17, 15) is 4.79 Å². The van der Waals surface area contributed by atoms with Crippen molar-refractivity contribution in [2.75, 3.05) is 13.1 Å². The maximum absolute atomic E-state index is 12.2. The topological polar surface area (TPSA) is 72.5 Å². The zero-order chi connectivity index (χ0) is 21.5. The summed E-state index contributed by atoms with van der Waals surface area (Å²) < 4.78 is 5.69. The summed E-state index contributed by atoms with van der Waals surface area (Å²) in [6.07, 6.45) is 4.82. The monoisotopic (exact) mass is 419 g/mol. The molecule has 1 amide bonds. The number of piperidine rings is 1. The Bertz CT molecular complexity index is 974. The maximum Gasteiger partial charge on any atom is 0.247 e. The third kappa shape index (κ3) is 6.25. The molecule has 0 radical (unpaired) electrons. The van der Waals surface area contributed by atoms with Crippen molar-refractivity contribution >= 4 is 5.91 Å². The van der Waals surface area contributed by atoms with Crippen LogP contribution in [0.4, 0.5) is 0 Å². The van der Waals surface area contributed by atoms with E-state index in [2.05, 4.69) is 39.8 Å². The van der Waals surface area contributed by atoms with E-state index >= 15 is 0 Å². The van der Waals surface area contributed by atoms with Gasteiger partial charge in [-0.05, 0) is 43.9 Å². The van der Waals surface area contributed by atoms with Crippen molar-refractivity contribution in [1.82, 2.24) is 15.5 Å². The van der Waals surface area contributed by atoms with Gasteiger partial charge < -0.3 is 14.6 Å². The summed E-state index contributed by atoms with van der Waals surface area (Å²) in [5.41, 5.74) is 4.55. The standard InChI is InChI=1S/C25H30N4O2/c1-19-5-11-22(12-6-19)25-28-27-24(31-25)14-13-23(30)26-17-20-7-9-21(10-8-20)18-29-15-3-2-4-16-29/h5-12H,2-4,13-18H2,1H3,(H,26,30)/p+1. The van der Waals surface area contributed by atoms with E-state index in [1.807, 2.05) is 31.2 Å². The first-order chi connectivity index (χ1) is 15.2. The average Bonchev–Trinajstić information content (AvgIpc) is 3.27. The van der Waals surface area contributed by atoms with Crippen molar-refractivity contribution in [3.8, 4) is 11.5 Å². The van der Waals surface area contributed by atoms with Crippen LogP contribution in [0.5, 0.6) is 0 Å². The van der Waals surface area contributed by atoms with Crippen LogP contribution in [0, 0.1) is 6.92 Å². The Morgan fingerprint density at radius 1 is 0.968 bits per heavy atom. The normalized spacial score (nSPS) is 14.5. The minimum atomic E-state index is -0.0167. The van der Waals surface area contributed by atoms with E-state index in [4.69, 9.17) is 4.42 Å². The Hall–Kier alpha value is -2.99. The number of amides is 1. The second-order valence-electron chi connectivity index (χ2n) is 8.45. The van der Waals surface area contributed by atoms with Crippen molar-refractivity contribution in [2.45, 2.75) is 52.1 Å². The number of nitrogens with zero attached hydrogens (tertiary/aromatic N) is 2. The number of quaternary nitrogens is 1. The first kappa shape index (κ1) is 21.2. The summed E-state index contributed by atoms with van der Waals surface area (Å²) in [7, 11) is 0. The van der Waals surface area contributed by atoms with Crippen molar-refractivity contribution < 1.29 is 14.1 Å². The van der Waals surface area contributed by atoms with Crippen LogP contribution in [0.1, 0.15) is 48.3 Å². The number of nitrogens with one attached hydrogen (secondary N) is 2. The minimum Gasteiger partial charge on any atom is -0.421 e. The number of hydrogen-bond donors (Lipinski definition) is 2. The summed E-state index contributed by atoms with van der Waals surface area (Å²) in [5.74, 6) is 0.953. The number of hydrogen-bond acceptors (Lipinski definition) is 4. The van der Waals surface area contributed by atoms with Gasteiger partial charge in [-0.3, -0.25) is 4.79 Å². The first-order valence-electron chi connectivity index (χ1n) is 11.2. The quantitative estimate of drug-likeness (QED) is 0.589. The van der Waals surface area contributed by atoms with Crippen LogP contribution in [0.3, 0.4) is 0 Å². The summed E-state index contributed by atoms with van der Waals surface area (Å²) in [6, 6.07) is 16.5. The van der Waals surface area contributed by atoms with Gasteiger partial charge in [-0.1, -0.05) is 42.0 Å². The van der Waals surface area contributed by atoms with Crippen LogP contribution in [-0.4, -0.2) is 29.2 Å². The number of carbonyl (C=O) groups is 1. The number of aryl methyl sites for hydroxylation is 2. The first-order valence-corrected chi connectivity index (χ1v) is 11.2. The molecule has 2 N–H and O–H groups in total. The van der Waals surface area contributed by atoms with E-state index in [-0.39, 0.29) is 5.91 Å². The molecule has 0 aliphatic carbocycles. The Balaban J connectivity index is 1.20. The Labute approximate surface area is 183 Å². The number of likely N-dealkylation sites (tertiary alicyclic amines) is 1. The molecule has 4 rings (SSSR count). The predicted octanol–water partition coefficient (Wildman–Crippen LogP) is 2.86. The van der Waals surface area contributed by atoms with Gasteiger partial charge in [-0.25, -0.2) is 0 Å². The molecule has 1 aliphatic heterocycles. The van der Waals surface area contributed by atoms with Gasteiger partial charge in [0.15, 0.2) is 0 Å². The van der Waals surface area contributed by atoms with E-state index in [1.165, 1.54) is 43.5 Å². The predicted molar refractivity (Wildman–Crippen MR) is 119 cm³/mol. The number of rotatable bonds is 8. The van der Waals surface area contributed by atoms with Crippen molar-refractivity contribution in [3.05, 3.63) is 71.1 Å². The average molecular weight is 420 g/mol. The molecule has 162 valence electrons. The molecular formula is C25H31N4O2+. The van der Waals surface area contributed by atoms with Gasteiger partial charge in [0.2, 0.25) is 17.7 Å². The Kier molecular flexibility index (Phi) is 7.10. The number of benzene rings is 2. The molecule has 1 fully saturated rings. The fourth-order valence-corrected chi connectivity index (χ4v) is 3.97. The fraction of sp³-hybridized carbons (Fsp3) is 0.400. The van der Waals surface area contributed by atoms with Crippen molar-refractivity contribution in [1.29, 1.82) is 0 Å². The molecule has 2 heterocycles. The highest BCUT2D eigenvalue weighted by molar-refractivity contribution is 5.76. The second kappa shape index (κ2) is 10.4. The summed E-state index contributed by atoms with van der Waals surface area (Å²) >= 11 is 0. The lowest BCUT2D eigenvalue weighted by atomic mass is 10.1. The highest BCUT2D eigenvalue weighted by Crippen LogP contribution is 2.18. The second-order valence-corrected chi connectivity index (χ2v) is 8.45. The molecule has 1 aliphatic rings. The van der Waals surface area contributed by atoms with Crippen molar-refractivity contribution in [3.63, 3.8) is 0 Å². The highest BCUT2D eigenvalue weighted by atomic mass is 16.4. The molecule has 0 atom stereocenters. The smallest absolute Gasteiger partial charge is 0.247 e. The van der Waals surface area contributed by atoms with Gasteiger partial charge >= 0.3 is 0 Å². The third-order valence-corrected chi connectivity index (χ3v) is 5.86. The molecule has 0 spiro atoms. The summed E-state index contributed by atoms with van der Waals surface area (Å²) in [6.45, 7) is 6.23. The molecule has 6 heteroatoms. The molecule has 1 aromatic heterocycles. The summed E-state index contributed by atoms with van der Waals surface area (Å²) in [4.78, 5) is 13.9. The third-order valence-electron chi connectivity index (χ3n) is 5.86. The molecule has 1 saturated heterocycles. The molecular weight excluding hydrogens is 388 g/mol.